The fourth-order valence-corrected chi connectivity index (χ4v) is 4.22. The normalized spacial score (nSPS) is 22.4. The molecule has 2 unspecified atom stereocenters. The lowest BCUT2D eigenvalue weighted by Crippen LogP contribution is -2.45. The maximum Gasteiger partial charge on any atom is 0.335 e. The third-order valence-corrected chi connectivity index (χ3v) is 5.43. The van der Waals surface area contributed by atoms with Crippen LogP contribution in [-0.4, -0.2) is 21.8 Å². The second-order valence-corrected chi connectivity index (χ2v) is 8.61. The minimum absolute atomic E-state index is 0.297. The molecule has 0 aromatic heterocycles. The van der Waals surface area contributed by atoms with E-state index in [2.05, 4.69) is 0 Å². The van der Waals surface area contributed by atoms with E-state index in [1.165, 1.54) is 0 Å². The van der Waals surface area contributed by atoms with Crippen LogP contribution in [0.4, 0.5) is 0 Å². The molecule has 2 N–H and O–H groups in total. The first-order chi connectivity index (χ1) is 13.2. The lowest BCUT2D eigenvalue weighted by atomic mass is 9.63. The maximum absolute atomic E-state index is 12.0. The molecule has 0 bridgehead atoms. The quantitative estimate of drug-likeness (QED) is 0.787. The van der Waals surface area contributed by atoms with Crippen molar-refractivity contribution in [3.8, 4) is 0 Å². The van der Waals surface area contributed by atoms with Gasteiger partial charge in [-0.15, -0.1) is 0 Å². The highest BCUT2D eigenvalue weighted by Gasteiger charge is 2.44. The third-order valence-electron chi connectivity index (χ3n) is 5.43. The maximum atomic E-state index is 12.0. The highest BCUT2D eigenvalue weighted by atomic mass is 16.4. The van der Waals surface area contributed by atoms with Gasteiger partial charge >= 0.3 is 5.97 Å². The van der Waals surface area contributed by atoms with Crippen molar-refractivity contribution in [1.82, 2.24) is 0 Å². The lowest BCUT2D eigenvalue weighted by Gasteiger charge is -2.43. The zero-order chi connectivity index (χ0) is 20.4. The molecule has 0 fully saturated rings. The molecule has 3 heteroatoms. The number of rotatable bonds is 5. The second kappa shape index (κ2) is 7.76. The van der Waals surface area contributed by atoms with Gasteiger partial charge in [0.1, 0.15) is 0 Å². The molecule has 0 saturated carbocycles. The van der Waals surface area contributed by atoms with Crippen LogP contribution in [0.2, 0.25) is 0 Å². The average Bonchev–Trinajstić information content (AvgIpc) is 2.64. The number of carboxylic acid groups (broad SMARTS) is 1. The van der Waals surface area contributed by atoms with E-state index >= 15 is 0 Å². The van der Waals surface area contributed by atoms with E-state index in [-0.39, 0.29) is 11.3 Å². The fourth-order valence-electron chi connectivity index (χ4n) is 4.22. The van der Waals surface area contributed by atoms with E-state index in [4.69, 9.17) is 0 Å². The van der Waals surface area contributed by atoms with E-state index in [1.54, 1.807) is 12.2 Å². The van der Waals surface area contributed by atoms with Gasteiger partial charge in [0.25, 0.3) is 0 Å². The summed E-state index contributed by atoms with van der Waals surface area (Å²) in [5, 5.41) is 21.6. The Morgan fingerprint density at radius 2 is 1.50 bits per heavy atom. The molecule has 28 heavy (non-hydrogen) atoms. The Morgan fingerprint density at radius 1 is 0.964 bits per heavy atom. The average molecular weight is 376 g/mol. The molecule has 0 spiro atoms. The minimum atomic E-state index is -1.15. The van der Waals surface area contributed by atoms with Crippen LogP contribution in [-0.2, 0) is 17.6 Å². The molecule has 0 amide bonds. The predicted molar refractivity (Wildman–Crippen MR) is 112 cm³/mol. The van der Waals surface area contributed by atoms with Gasteiger partial charge in [-0.25, -0.2) is 4.79 Å². The SMILES string of the molecule is CC(C)(C)C1=C(C(=O)O)C=CC(O)(Cc2ccccc2)C1Cc1ccccc1. The molecule has 2 aromatic carbocycles. The summed E-state index contributed by atoms with van der Waals surface area (Å²) in [7, 11) is 0. The van der Waals surface area contributed by atoms with Crippen LogP contribution in [0.1, 0.15) is 31.9 Å². The van der Waals surface area contributed by atoms with Crippen molar-refractivity contribution in [1.29, 1.82) is 0 Å². The summed E-state index contributed by atoms with van der Waals surface area (Å²) in [6.07, 6.45) is 4.30. The largest absolute Gasteiger partial charge is 0.478 e. The van der Waals surface area contributed by atoms with Crippen LogP contribution in [0.15, 0.2) is 84.0 Å². The summed E-state index contributed by atoms with van der Waals surface area (Å²) in [6.45, 7) is 6.06. The standard InChI is InChI=1S/C25H28O3/c1-24(2,3)22-20(23(26)27)14-15-25(28,17-19-12-8-5-9-13-19)21(22)16-18-10-6-4-7-11-18/h4-15,21,28H,16-17H2,1-3H3,(H,26,27). The monoisotopic (exact) mass is 376 g/mol. The summed E-state index contributed by atoms with van der Waals surface area (Å²) in [6, 6.07) is 19.8. The van der Waals surface area contributed by atoms with E-state index in [1.807, 2.05) is 81.4 Å². The lowest BCUT2D eigenvalue weighted by molar-refractivity contribution is -0.132. The molecule has 2 atom stereocenters. The van der Waals surface area contributed by atoms with Crippen molar-refractivity contribution in [2.75, 3.05) is 0 Å². The molecule has 0 heterocycles. The third kappa shape index (κ3) is 4.26. The second-order valence-electron chi connectivity index (χ2n) is 8.61. The zero-order valence-corrected chi connectivity index (χ0v) is 16.7. The van der Waals surface area contributed by atoms with Gasteiger partial charge < -0.3 is 10.2 Å². The first-order valence-electron chi connectivity index (χ1n) is 9.68. The molecule has 3 nitrogen and oxygen atoms in total. The van der Waals surface area contributed by atoms with Gasteiger partial charge in [0.15, 0.2) is 0 Å². The molecule has 1 aliphatic rings. The van der Waals surface area contributed by atoms with Gasteiger partial charge in [-0.2, -0.15) is 0 Å². The van der Waals surface area contributed by atoms with E-state index in [0.717, 1.165) is 16.7 Å². The van der Waals surface area contributed by atoms with Crippen molar-refractivity contribution in [3.05, 3.63) is 95.1 Å². The molecular weight excluding hydrogens is 348 g/mol. The van der Waals surface area contributed by atoms with Crippen molar-refractivity contribution in [2.45, 2.75) is 39.2 Å². The molecule has 0 aliphatic heterocycles. The zero-order valence-electron chi connectivity index (χ0n) is 16.7. The smallest absolute Gasteiger partial charge is 0.335 e. The Morgan fingerprint density at radius 3 is 2.00 bits per heavy atom. The number of benzene rings is 2. The van der Waals surface area contributed by atoms with Crippen molar-refractivity contribution < 1.29 is 15.0 Å². The van der Waals surface area contributed by atoms with Crippen molar-refractivity contribution in [2.24, 2.45) is 11.3 Å². The summed E-state index contributed by atoms with van der Waals surface area (Å²) >= 11 is 0. The molecule has 1 aliphatic carbocycles. The van der Waals surface area contributed by atoms with Crippen LogP contribution in [0, 0.1) is 11.3 Å². The van der Waals surface area contributed by atoms with Crippen molar-refractivity contribution in [3.63, 3.8) is 0 Å². The number of carbonyl (C=O) groups is 1. The Kier molecular flexibility index (Phi) is 5.57. The van der Waals surface area contributed by atoms with Crippen LogP contribution in [0.25, 0.3) is 0 Å². The summed E-state index contributed by atoms with van der Waals surface area (Å²) in [5.74, 6) is -1.27. The van der Waals surface area contributed by atoms with Crippen LogP contribution >= 0.6 is 0 Å². The molecule has 3 rings (SSSR count). The van der Waals surface area contributed by atoms with Gasteiger partial charge in [-0.1, -0.05) is 87.5 Å². The summed E-state index contributed by atoms with van der Waals surface area (Å²) < 4.78 is 0. The van der Waals surface area contributed by atoms with Crippen LogP contribution in [0.3, 0.4) is 0 Å². The number of aliphatic carboxylic acids is 1. The van der Waals surface area contributed by atoms with E-state index in [0.29, 0.717) is 18.4 Å². The number of hydrogen-bond acceptors (Lipinski definition) is 2. The van der Waals surface area contributed by atoms with E-state index < -0.39 is 11.6 Å². The summed E-state index contributed by atoms with van der Waals surface area (Å²) in [4.78, 5) is 12.0. The van der Waals surface area contributed by atoms with Gasteiger partial charge in [0, 0.05) is 12.3 Å². The highest BCUT2D eigenvalue weighted by molar-refractivity contribution is 5.91. The molecule has 146 valence electrons. The van der Waals surface area contributed by atoms with Crippen molar-refractivity contribution >= 4 is 5.97 Å². The Labute approximate surface area is 167 Å². The highest BCUT2D eigenvalue weighted by Crippen LogP contribution is 2.45. The molecule has 0 saturated heterocycles. The Hall–Kier alpha value is -2.65. The first-order valence-corrected chi connectivity index (χ1v) is 9.68. The first kappa shape index (κ1) is 20.1. The van der Waals surface area contributed by atoms with Gasteiger partial charge in [0.05, 0.1) is 11.2 Å². The van der Waals surface area contributed by atoms with Gasteiger partial charge in [-0.05, 0) is 34.6 Å². The van der Waals surface area contributed by atoms with Gasteiger partial charge in [-0.3, -0.25) is 0 Å². The summed E-state index contributed by atoms with van der Waals surface area (Å²) in [5.41, 5.74) is 1.66. The fraction of sp³-hybridized carbons (Fsp3) is 0.320. The van der Waals surface area contributed by atoms with Crippen LogP contribution in [0.5, 0.6) is 0 Å². The Balaban J connectivity index is 2.11. The number of hydrogen-bond donors (Lipinski definition) is 2. The molecule has 2 aromatic rings. The molecule has 0 radical (unpaired) electrons. The molecular formula is C25H28O3. The minimum Gasteiger partial charge on any atom is -0.478 e. The number of aliphatic hydroxyl groups is 1. The Bertz CT molecular complexity index is 888. The number of carboxylic acids is 1. The van der Waals surface area contributed by atoms with E-state index in [9.17, 15) is 15.0 Å². The topological polar surface area (TPSA) is 57.5 Å². The van der Waals surface area contributed by atoms with Crippen LogP contribution < -0.4 is 0 Å². The van der Waals surface area contributed by atoms with Gasteiger partial charge in [0.2, 0.25) is 0 Å². The predicted octanol–water partition coefficient (Wildman–Crippen LogP) is 4.82.